The van der Waals surface area contributed by atoms with Gasteiger partial charge in [0.2, 0.25) is 5.91 Å². The van der Waals surface area contributed by atoms with Gasteiger partial charge in [0.05, 0.1) is 6.04 Å². The highest BCUT2D eigenvalue weighted by Gasteiger charge is 2.28. The van der Waals surface area contributed by atoms with Gasteiger partial charge >= 0.3 is 5.69 Å². The van der Waals surface area contributed by atoms with Crippen LogP contribution in [0.4, 0.5) is 0 Å². The van der Waals surface area contributed by atoms with E-state index in [0.717, 1.165) is 44.1 Å². The molecule has 1 aromatic heterocycles. The number of likely N-dealkylation sites (tertiary alicyclic amines) is 1. The van der Waals surface area contributed by atoms with Crippen molar-refractivity contribution in [3.63, 3.8) is 0 Å². The number of thioether (sulfide) groups is 1. The molecule has 3 heterocycles. The number of aromatic nitrogens is 2. The highest BCUT2D eigenvalue weighted by molar-refractivity contribution is 7.99. The number of carbonyl (C=O) groups is 1. The van der Waals surface area contributed by atoms with E-state index in [9.17, 15) is 14.4 Å². The molecule has 1 amide bonds. The highest BCUT2D eigenvalue weighted by Crippen LogP contribution is 2.20. The molecule has 0 bridgehead atoms. The monoisotopic (exact) mass is 366 g/mol. The van der Waals surface area contributed by atoms with Gasteiger partial charge in [-0.05, 0) is 38.1 Å². The van der Waals surface area contributed by atoms with Crippen molar-refractivity contribution in [3.8, 4) is 0 Å². The topological polar surface area (TPSA) is 78.4 Å². The van der Waals surface area contributed by atoms with Crippen LogP contribution in [-0.2, 0) is 11.3 Å². The van der Waals surface area contributed by atoms with Gasteiger partial charge < -0.3 is 14.4 Å². The Morgan fingerprint density at radius 2 is 2.00 bits per heavy atom. The maximum atomic E-state index is 12.8. The molecule has 2 fully saturated rings. The normalized spacial score (nSPS) is 22.1. The molecule has 8 heteroatoms. The number of hydrogen-bond acceptors (Lipinski definition) is 5. The van der Waals surface area contributed by atoms with Crippen LogP contribution in [0.3, 0.4) is 0 Å². The number of rotatable bonds is 5. The Morgan fingerprint density at radius 1 is 1.20 bits per heavy atom. The van der Waals surface area contributed by atoms with Crippen molar-refractivity contribution in [2.45, 2.75) is 38.3 Å². The van der Waals surface area contributed by atoms with Gasteiger partial charge in [-0.3, -0.25) is 14.6 Å². The zero-order chi connectivity index (χ0) is 17.6. The van der Waals surface area contributed by atoms with Crippen molar-refractivity contribution >= 4 is 17.7 Å². The van der Waals surface area contributed by atoms with E-state index in [2.05, 4.69) is 9.88 Å². The van der Waals surface area contributed by atoms with E-state index in [0.29, 0.717) is 6.54 Å². The van der Waals surface area contributed by atoms with E-state index in [1.165, 1.54) is 29.7 Å². The Kier molecular flexibility index (Phi) is 6.36. The molecule has 1 aromatic rings. The SMILES string of the molecule is O=C(CCn1ccc(=O)[nH]c1=O)N1CCCSCC1CN1CCCC1. The lowest BCUT2D eigenvalue weighted by molar-refractivity contribution is -0.133. The molecule has 0 saturated carbocycles. The first-order valence-electron chi connectivity index (χ1n) is 9.03. The average Bonchev–Trinajstić information content (AvgIpc) is 2.98. The van der Waals surface area contributed by atoms with Crippen LogP contribution in [0.15, 0.2) is 21.9 Å². The molecule has 7 nitrogen and oxygen atoms in total. The number of amides is 1. The fourth-order valence-electron chi connectivity index (χ4n) is 3.55. The predicted molar refractivity (Wildman–Crippen MR) is 99.1 cm³/mol. The van der Waals surface area contributed by atoms with Crippen molar-refractivity contribution in [3.05, 3.63) is 33.1 Å². The molecular weight excluding hydrogens is 340 g/mol. The number of hydrogen-bond donors (Lipinski definition) is 1. The molecule has 2 saturated heterocycles. The third-order valence-corrected chi connectivity index (χ3v) is 6.09. The third kappa shape index (κ3) is 4.98. The Hall–Kier alpha value is -1.54. The van der Waals surface area contributed by atoms with E-state index < -0.39 is 11.2 Å². The van der Waals surface area contributed by atoms with Crippen molar-refractivity contribution in [2.75, 3.05) is 37.7 Å². The van der Waals surface area contributed by atoms with Crippen LogP contribution in [-0.4, -0.2) is 69.0 Å². The molecule has 138 valence electrons. The van der Waals surface area contributed by atoms with Crippen molar-refractivity contribution in [2.24, 2.45) is 0 Å². The Labute approximate surface area is 151 Å². The number of aromatic amines is 1. The largest absolute Gasteiger partial charge is 0.338 e. The van der Waals surface area contributed by atoms with Gasteiger partial charge in [-0.2, -0.15) is 11.8 Å². The molecule has 0 spiro atoms. The van der Waals surface area contributed by atoms with E-state index in [4.69, 9.17) is 0 Å². The van der Waals surface area contributed by atoms with Gasteiger partial charge in [0, 0.05) is 44.1 Å². The van der Waals surface area contributed by atoms with Gasteiger partial charge in [-0.15, -0.1) is 0 Å². The van der Waals surface area contributed by atoms with Gasteiger partial charge in [0.25, 0.3) is 5.56 Å². The molecule has 0 radical (unpaired) electrons. The van der Waals surface area contributed by atoms with Gasteiger partial charge in [0.1, 0.15) is 0 Å². The number of H-pyrrole nitrogens is 1. The second kappa shape index (κ2) is 8.71. The van der Waals surface area contributed by atoms with Crippen molar-refractivity contribution in [1.82, 2.24) is 19.4 Å². The van der Waals surface area contributed by atoms with Crippen LogP contribution < -0.4 is 11.2 Å². The van der Waals surface area contributed by atoms with Crippen LogP contribution in [0.2, 0.25) is 0 Å². The Morgan fingerprint density at radius 3 is 2.76 bits per heavy atom. The van der Waals surface area contributed by atoms with Crippen LogP contribution in [0.1, 0.15) is 25.7 Å². The maximum absolute atomic E-state index is 12.8. The molecule has 0 aromatic carbocycles. The summed E-state index contributed by atoms with van der Waals surface area (Å²) in [5, 5.41) is 0. The lowest BCUT2D eigenvalue weighted by Gasteiger charge is -2.33. The lowest BCUT2D eigenvalue weighted by Crippen LogP contribution is -2.48. The highest BCUT2D eigenvalue weighted by atomic mass is 32.2. The minimum Gasteiger partial charge on any atom is -0.338 e. The predicted octanol–water partition coefficient (Wildman–Crippen LogP) is 0.357. The summed E-state index contributed by atoms with van der Waals surface area (Å²) >= 11 is 1.93. The summed E-state index contributed by atoms with van der Waals surface area (Å²) in [6, 6.07) is 1.57. The fourth-order valence-corrected chi connectivity index (χ4v) is 4.61. The van der Waals surface area contributed by atoms with E-state index in [1.807, 2.05) is 16.7 Å². The minimum atomic E-state index is -0.458. The van der Waals surface area contributed by atoms with E-state index in [1.54, 1.807) is 0 Å². The standard InChI is InChI=1S/C17H26N4O3S/c22-15-4-9-20(17(24)18-15)10-5-16(23)21-8-3-11-25-13-14(21)12-19-6-1-2-7-19/h4,9,14H,1-3,5-8,10-13H2,(H,18,22,24). The van der Waals surface area contributed by atoms with Crippen LogP contribution >= 0.6 is 11.8 Å². The van der Waals surface area contributed by atoms with E-state index >= 15 is 0 Å². The lowest BCUT2D eigenvalue weighted by atomic mass is 10.2. The zero-order valence-corrected chi connectivity index (χ0v) is 15.3. The molecule has 1 atom stereocenters. The van der Waals surface area contributed by atoms with Gasteiger partial charge in [0.15, 0.2) is 0 Å². The van der Waals surface area contributed by atoms with Gasteiger partial charge in [-0.1, -0.05) is 0 Å². The fraction of sp³-hybridized carbons (Fsp3) is 0.706. The minimum absolute atomic E-state index is 0.102. The molecule has 1 N–H and O–H groups in total. The second-order valence-corrected chi connectivity index (χ2v) is 7.88. The van der Waals surface area contributed by atoms with Crippen LogP contribution in [0.25, 0.3) is 0 Å². The summed E-state index contributed by atoms with van der Waals surface area (Å²) in [7, 11) is 0. The number of carbonyl (C=O) groups excluding carboxylic acids is 1. The summed E-state index contributed by atoms with van der Waals surface area (Å²) in [6.07, 6.45) is 5.26. The van der Waals surface area contributed by atoms with E-state index in [-0.39, 0.29) is 18.4 Å². The summed E-state index contributed by atoms with van der Waals surface area (Å²) in [5.41, 5.74) is -0.872. The van der Waals surface area contributed by atoms with Crippen molar-refractivity contribution < 1.29 is 4.79 Å². The smallest absolute Gasteiger partial charge is 0.328 e. The van der Waals surface area contributed by atoms with Crippen molar-refractivity contribution in [1.29, 1.82) is 0 Å². The quantitative estimate of drug-likeness (QED) is 0.814. The maximum Gasteiger partial charge on any atom is 0.328 e. The molecular formula is C17H26N4O3S. The number of aryl methyl sites for hydroxylation is 1. The van der Waals surface area contributed by atoms with Crippen LogP contribution in [0.5, 0.6) is 0 Å². The first-order valence-corrected chi connectivity index (χ1v) is 10.2. The summed E-state index contributed by atoms with van der Waals surface area (Å²) < 4.78 is 1.39. The Balaban J connectivity index is 1.62. The number of nitrogens with one attached hydrogen (secondary N) is 1. The molecule has 25 heavy (non-hydrogen) atoms. The molecule has 1 unspecified atom stereocenters. The summed E-state index contributed by atoms with van der Waals surface area (Å²) in [6.45, 7) is 4.32. The second-order valence-electron chi connectivity index (χ2n) is 6.73. The third-order valence-electron chi connectivity index (χ3n) is 4.89. The van der Waals surface area contributed by atoms with Gasteiger partial charge in [-0.25, -0.2) is 4.79 Å². The first kappa shape index (κ1) is 18.3. The first-order chi connectivity index (χ1) is 12.1. The number of nitrogens with zero attached hydrogens (tertiary/aromatic N) is 3. The molecule has 2 aliphatic heterocycles. The average molecular weight is 366 g/mol. The zero-order valence-electron chi connectivity index (χ0n) is 14.5. The molecule has 3 rings (SSSR count). The van der Waals surface area contributed by atoms with Crippen LogP contribution in [0, 0.1) is 0 Å². The summed E-state index contributed by atoms with van der Waals surface area (Å²) in [4.78, 5) is 42.4. The Bertz CT molecular complexity index is 696. The molecule has 0 aliphatic carbocycles. The summed E-state index contributed by atoms with van der Waals surface area (Å²) in [5.74, 6) is 2.19. The molecule has 2 aliphatic rings.